The van der Waals surface area contributed by atoms with Crippen LogP contribution < -0.4 is 0 Å². The van der Waals surface area contributed by atoms with E-state index in [1.807, 2.05) is 0 Å². The highest BCUT2D eigenvalue weighted by molar-refractivity contribution is 5.78. The Kier molecular flexibility index (Phi) is 6.83. The summed E-state index contributed by atoms with van der Waals surface area (Å²) >= 11 is 0. The molecule has 3 heteroatoms. The van der Waals surface area contributed by atoms with E-state index in [1.165, 1.54) is 38.5 Å². The summed E-state index contributed by atoms with van der Waals surface area (Å²) in [7, 11) is 1.70. The first-order chi connectivity index (χ1) is 12.5. The van der Waals surface area contributed by atoms with Gasteiger partial charge in [-0.05, 0) is 94.3 Å². The van der Waals surface area contributed by atoms with Crippen LogP contribution in [-0.4, -0.2) is 30.2 Å². The van der Waals surface area contributed by atoms with Crippen LogP contribution in [-0.2, 0) is 9.53 Å². The molecular weight excluding hydrogens is 324 g/mol. The van der Waals surface area contributed by atoms with Gasteiger partial charge in [0, 0.05) is 13.0 Å². The smallest absolute Gasteiger partial charge is 0.132 e. The summed E-state index contributed by atoms with van der Waals surface area (Å²) in [6, 6.07) is 0. The van der Waals surface area contributed by atoms with Crippen molar-refractivity contribution in [3.63, 3.8) is 0 Å². The largest absolute Gasteiger partial charge is 0.387 e. The second-order valence-electron chi connectivity index (χ2n) is 9.75. The zero-order valence-corrected chi connectivity index (χ0v) is 17.2. The second-order valence-corrected chi connectivity index (χ2v) is 9.75. The average Bonchev–Trinajstić information content (AvgIpc) is 3.09. The number of carbonyl (C=O) groups is 1. The van der Waals surface area contributed by atoms with Crippen LogP contribution in [0.25, 0.3) is 0 Å². The first-order valence-electron chi connectivity index (χ1n) is 11.2. The topological polar surface area (TPSA) is 46.5 Å². The molecule has 1 N–H and O–H groups in total. The fraction of sp³-hybridized carbons (Fsp3) is 0.957. The predicted octanol–water partition coefficient (Wildman–Crippen LogP) is 5.00. The Labute approximate surface area is 160 Å². The third kappa shape index (κ3) is 4.35. The van der Waals surface area contributed by atoms with Crippen LogP contribution in [0, 0.1) is 35.5 Å². The van der Waals surface area contributed by atoms with Crippen LogP contribution in [0.2, 0.25) is 0 Å². The highest BCUT2D eigenvalue weighted by atomic mass is 16.5. The first-order valence-corrected chi connectivity index (χ1v) is 11.2. The van der Waals surface area contributed by atoms with E-state index < -0.39 is 5.60 Å². The van der Waals surface area contributed by atoms with Crippen molar-refractivity contribution in [2.24, 2.45) is 35.5 Å². The van der Waals surface area contributed by atoms with Crippen molar-refractivity contribution in [2.45, 2.75) is 90.1 Å². The molecule has 3 rings (SSSR count). The Morgan fingerprint density at radius 2 is 1.85 bits per heavy atom. The quantitative estimate of drug-likeness (QED) is 0.691. The van der Waals surface area contributed by atoms with Crippen LogP contribution >= 0.6 is 0 Å². The maximum Gasteiger partial charge on any atom is 0.132 e. The lowest BCUT2D eigenvalue weighted by atomic mass is 9.55. The Balaban J connectivity index is 1.70. The SMILES string of the molecule is CCCC[C@H]1[C@H]([C@@H]2CC[C@H](C(C)=O)C2)CC[C@H]2C[C@](O)(COC)CC[C@@H]21. The minimum atomic E-state index is -0.592. The molecule has 0 heterocycles. The molecule has 0 aromatic rings. The summed E-state index contributed by atoms with van der Waals surface area (Å²) in [5.41, 5.74) is -0.592. The van der Waals surface area contributed by atoms with Crippen molar-refractivity contribution in [3.05, 3.63) is 0 Å². The number of hydrogen-bond donors (Lipinski definition) is 1. The molecule has 3 aliphatic carbocycles. The number of methoxy groups -OCH3 is 1. The van der Waals surface area contributed by atoms with Gasteiger partial charge < -0.3 is 9.84 Å². The molecule has 0 aromatic heterocycles. The molecule has 26 heavy (non-hydrogen) atoms. The zero-order chi connectivity index (χ0) is 18.7. The summed E-state index contributed by atoms with van der Waals surface area (Å²) in [5, 5.41) is 10.9. The number of fused-ring (bicyclic) bond motifs is 1. The summed E-state index contributed by atoms with van der Waals surface area (Å²) in [5.74, 6) is 4.61. The molecular formula is C23H40O3. The molecule has 3 fully saturated rings. The third-order valence-electron chi connectivity index (χ3n) is 8.12. The van der Waals surface area contributed by atoms with Crippen LogP contribution in [0.1, 0.15) is 84.5 Å². The number of carbonyl (C=O) groups excluding carboxylic acids is 1. The lowest BCUT2D eigenvalue weighted by Gasteiger charge is -2.51. The first kappa shape index (κ1) is 20.3. The van der Waals surface area contributed by atoms with Gasteiger partial charge in [-0.2, -0.15) is 0 Å². The molecule has 0 bridgehead atoms. The monoisotopic (exact) mass is 364 g/mol. The van der Waals surface area contributed by atoms with Gasteiger partial charge in [0.15, 0.2) is 0 Å². The van der Waals surface area contributed by atoms with Gasteiger partial charge in [0.25, 0.3) is 0 Å². The van der Waals surface area contributed by atoms with Crippen molar-refractivity contribution >= 4 is 5.78 Å². The van der Waals surface area contributed by atoms with E-state index in [-0.39, 0.29) is 0 Å². The minimum absolute atomic E-state index is 0.336. The molecule has 0 amide bonds. The van der Waals surface area contributed by atoms with Gasteiger partial charge in [0.1, 0.15) is 5.78 Å². The highest BCUT2D eigenvalue weighted by Crippen LogP contribution is 2.54. The number of ether oxygens (including phenoxy) is 1. The van der Waals surface area contributed by atoms with Crippen LogP contribution in [0.5, 0.6) is 0 Å². The van der Waals surface area contributed by atoms with E-state index in [0.717, 1.165) is 55.8 Å². The summed E-state index contributed by atoms with van der Waals surface area (Å²) in [6.45, 7) is 4.58. The third-order valence-corrected chi connectivity index (χ3v) is 8.12. The number of hydrogen-bond acceptors (Lipinski definition) is 3. The Morgan fingerprint density at radius 3 is 2.50 bits per heavy atom. The standard InChI is InChI=1S/C23H40O3/c1-4-5-6-22-20(18-8-7-17(13-18)16(2)24)10-9-19-14-23(25,15-26-3)12-11-21(19)22/h17-22,25H,4-15H2,1-3H3/t17-,18+,19-,20-,21-,22-,23-/m0/s1. The van der Waals surface area contributed by atoms with Gasteiger partial charge in [0.2, 0.25) is 0 Å². The molecule has 3 aliphatic rings. The second kappa shape index (κ2) is 8.73. The van der Waals surface area contributed by atoms with E-state index in [0.29, 0.717) is 24.2 Å². The van der Waals surface area contributed by atoms with Crippen LogP contribution in [0.3, 0.4) is 0 Å². The summed E-state index contributed by atoms with van der Waals surface area (Å²) in [6.07, 6.45) is 13.1. The highest BCUT2D eigenvalue weighted by Gasteiger charge is 2.48. The molecule has 150 valence electrons. The van der Waals surface area contributed by atoms with Gasteiger partial charge in [-0.1, -0.05) is 19.8 Å². The Morgan fingerprint density at radius 1 is 1.12 bits per heavy atom. The minimum Gasteiger partial charge on any atom is -0.387 e. The zero-order valence-electron chi connectivity index (χ0n) is 17.2. The summed E-state index contributed by atoms with van der Waals surface area (Å²) in [4.78, 5) is 11.8. The van der Waals surface area contributed by atoms with Gasteiger partial charge in [0.05, 0.1) is 12.2 Å². The molecule has 0 spiro atoms. The van der Waals surface area contributed by atoms with E-state index >= 15 is 0 Å². The van der Waals surface area contributed by atoms with Gasteiger partial charge >= 0.3 is 0 Å². The normalized spacial score (nSPS) is 43.2. The van der Waals surface area contributed by atoms with E-state index in [1.54, 1.807) is 14.0 Å². The van der Waals surface area contributed by atoms with Gasteiger partial charge in [-0.15, -0.1) is 0 Å². The molecule has 3 saturated carbocycles. The Hall–Kier alpha value is -0.410. The molecule has 7 atom stereocenters. The lowest BCUT2D eigenvalue weighted by Crippen LogP contribution is -2.48. The van der Waals surface area contributed by atoms with Crippen molar-refractivity contribution in [1.82, 2.24) is 0 Å². The number of aliphatic hydroxyl groups is 1. The molecule has 0 unspecified atom stereocenters. The molecule has 0 aliphatic heterocycles. The summed E-state index contributed by atoms with van der Waals surface area (Å²) < 4.78 is 5.31. The average molecular weight is 365 g/mol. The number of Topliss-reactive ketones (excluding diaryl/α,β-unsaturated/α-hetero) is 1. The van der Waals surface area contributed by atoms with Crippen molar-refractivity contribution < 1.29 is 14.6 Å². The lowest BCUT2D eigenvalue weighted by molar-refractivity contribution is -0.121. The van der Waals surface area contributed by atoms with Crippen LogP contribution in [0.15, 0.2) is 0 Å². The van der Waals surface area contributed by atoms with Crippen LogP contribution in [0.4, 0.5) is 0 Å². The van der Waals surface area contributed by atoms with E-state index in [9.17, 15) is 9.90 Å². The van der Waals surface area contributed by atoms with Gasteiger partial charge in [-0.25, -0.2) is 0 Å². The fourth-order valence-corrected chi connectivity index (χ4v) is 6.86. The molecule has 0 aromatic carbocycles. The predicted molar refractivity (Wildman–Crippen MR) is 105 cm³/mol. The van der Waals surface area contributed by atoms with Crippen molar-refractivity contribution in [2.75, 3.05) is 13.7 Å². The maximum atomic E-state index is 11.8. The Bertz CT molecular complexity index is 476. The molecule has 0 radical (unpaired) electrons. The number of rotatable bonds is 7. The van der Waals surface area contributed by atoms with Gasteiger partial charge in [-0.3, -0.25) is 4.79 Å². The van der Waals surface area contributed by atoms with E-state index in [4.69, 9.17) is 4.74 Å². The van der Waals surface area contributed by atoms with Crippen molar-refractivity contribution in [1.29, 1.82) is 0 Å². The number of unbranched alkanes of at least 4 members (excludes halogenated alkanes) is 1. The fourth-order valence-electron chi connectivity index (χ4n) is 6.86. The van der Waals surface area contributed by atoms with Crippen molar-refractivity contribution in [3.8, 4) is 0 Å². The van der Waals surface area contributed by atoms with E-state index in [2.05, 4.69) is 6.92 Å². The number of ketones is 1. The molecule has 0 saturated heterocycles. The molecule has 3 nitrogen and oxygen atoms in total. The maximum absolute atomic E-state index is 11.8.